The van der Waals surface area contributed by atoms with Crippen molar-refractivity contribution in [3.63, 3.8) is 0 Å². The van der Waals surface area contributed by atoms with Crippen LogP contribution in [0.1, 0.15) is 18.4 Å². The first-order valence-corrected chi connectivity index (χ1v) is 12.3. The van der Waals surface area contributed by atoms with Crippen molar-refractivity contribution in [3.8, 4) is 0 Å². The molecule has 4 rings (SSSR count). The molecule has 172 valence electrons. The Morgan fingerprint density at radius 3 is 2.22 bits per heavy atom. The molecule has 2 aliphatic rings. The van der Waals surface area contributed by atoms with Gasteiger partial charge in [-0.3, -0.25) is 9.69 Å². The summed E-state index contributed by atoms with van der Waals surface area (Å²) >= 11 is 0. The van der Waals surface area contributed by atoms with Crippen LogP contribution in [0.25, 0.3) is 0 Å². The maximum absolute atomic E-state index is 13.1. The zero-order valence-electron chi connectivity index (χ0n) is 17.9. The third-order valence-electron chi connectivity index (χ3n) is 6.01. The molecule has 2 aliphatic heterocycles. The second-order valence-electron chi connectivity index (χ2n) is 8.21. The number of carbonyl (C=O) groups excluding carboxylic acids is 1. The Hall–Kier alpha value is -2.33. The van der Waals surface area contributed by atoms with Crippen molar-refractivity contribution in [2.45, 2.75) is 24.3 Å². The summed E-state index contributed by atoms with van der Waals surface area (Å²) in [5.74, 6) is -0.373. The molecule has 2 heterocycles. The number of rotatable bonds is 6. The summed E-state index contributed by atoms with van der Waals surface area (Å²) in [5.41, 5.74) is 1.64. The zero-order chi connectivity index (χ0) is 22.6. The quantitative estimate of drug-likeness (QED) is 0.716. The number of nitrogens with zero attached hydrogens (tertiary/aromatic N) is 2. The predicted molar refractivity (Wildman–Crippen MR) is 119 cm³/mol. The molecular formula is C23H28FN3O4S. The SMILES string of the molecule is O=C(Nc1ccc(S(=O)(=O)N2CCOCC2)cc1)C1CCN(Cc2ccc(F)cc2)CC1. The second-order valence-corrected chi connectivity index (χ2v) is 10.1. The number of amides is 1. The van der Waals surface area contributed by atoms with Crippen LogP contribution in [0.2, 0.25) is 0 Å². The van der Waals surface area contributed by atoms with Gasteiger partial charge in [0.25, 0.3) is 0 Å². The monoisotopic (exact) mass is 461 g/mol. The topological polar surface area (TPSA) is 79.0 Å². The van der Waals surface area contributed by atoms with Crippen molar-refractivity contribution in [2.75, 3.05) is 44.7 Å². The molecule has 0 spiro atoms. The number of hydrogen-bond acceptors (Lipinski definition) is 5. The van der Waals surface area contributed by atoms with E-state index in [1.165, 1.54) is 28.6 Å². The lowest BCUT2D eigenvalue weighted by Gasteiger charge is -2.31. The van der Waals surface area contributed by atoms with Crippen LogP contribution in [0.4, 0.5) is 10.1 Å². The van der Waals surface area contributed by atoms with Gasteiger partial charge in [0.15, 0.2) is 0 Å². The van der Waals surface area contributed by atoms with Crippen LogP contribution in [0.3, 0.4) is 0 Å². The average molecular weight is 462 g/mol. The standard InChI is InChI=1S/C23H28FN3O4S/c24-20-3-1-18(2-4-20)17-26-11-9-19(10-12-26)23(28)25-21-5-7-22(8-6-21)32(29,30)27-13-15-31-16-14-27/h1-8,19H,9-17H2,(H,25,28). The van der Waals surface area contributed by atoms with E-state index in [9.17, 15) is 17.6 Å². The first-order chi connectivity index (χ1) is 15.4. The largest absolute Gasteiger partial charge is 0.379 e. The predicted octanol–water partition coefficient (Wildman–Crippen LogP) is 2.70. The smallest absolute Gasteiger partial charge is 0.243 e. The lowest BCUT2D eigenvalue weighted by atomic mass is 9.95. The van der Waals surface area contributed by atoms with Gasteiger partial charge in [-0.05, 0) is 67.9 Å². The van der Waals surface area contributed by atoms with E-state index in [0.29, 0.717) is 32.0 Å². The summed E-state index contributed by atoms with van der Waals surface area (Å²) in [6.45, 7) is 3.83. The molecule has 0 radical (unpaired) electrons. The van der Waals surface area contributed by atoms with E-state index < -0.39 is 10.0 Å². The number of morpholine rings is 1. The molecule has 0 bridgehead atoms. The number of likely N-dealkylation sites (tertiary alicyclic amines) is 1. The van der Waals surface area contributed by atoms with Gasteiger partial charge in [0.1, 0.15) is 5.82 Å². The molecule has 7 nitrogen and oxygen atoms in total. The number of nitrogens with one attached hydrogen (secondary N) is 1. The summed E-state index contributed by atoms with van der Waals surface area (Å²) in [6.07, 6.45) is 1.49. The highest BCUT2D eigenvalue weighted by Gasteiger charge is 2.27. The molecule has 2 aromatic carbocycles. The van der Waals surface area contributed by atoms with Crippen molar-refractivity contribution >= 4 is 21.6 Å². The van der Waals surface area contributed by atoms with Crippen molar-refractivity contribution < 1.29 is 22.3 Å². The van der Waals surface area contributed by atoms with Crippen LogP contribution < -0.4 is 5.32 Å². The van der Waals surface area contributed by atoms with Crippen LogP contribution in [-0.2, 0) is 26.1 Å². The average Bonchev–Trinajstić information content (AvgIpc) is 2.82. The van der Waals surface area contributed by atoms with Gasteiger partial charge in [-0.25, -0.2) is 12.8 Å². The Morgan fingerprint density at radius 2 is 1.59 bits per heavy atom. The Kier molecular flexibility index (Phi) is 7.20. The van der Waals surface area contributed by atoms with E-state index in [1.807, 2.05) is 0 Å². The van der Waals surface area contributed by atoms with Crippen LogP contribution in [0, 0.1) is 11.7 Å². The maximum atomic E-state index is 13.1. The first kappa shape index (κ1) is 22.8. The maximum Gasteiger partial charge on any atom is 0.243 e. The molecule has 9 heteroatoms. The van der Waals surface area contributed by atoms with Gasteiger partial charge in [0, 0.05) is 31.2 Å². The fraction of sp³-hybridized carbons (Fsp3) is 0.435. The van der Waals surface area contributed by atoms with Gasteiger partial charge in [0.05, 0.1) is 18.1 Å². The van der Waals surface area contributed by atoms with Crippen molar-refractivity contribution in [1.29, 1.82) is 0 Å². The van der Waals surface area contributed by atoms with E-state index in [-0.39, 0.29) is 22.5 Å². The lowest BCUT2D eigenvalue weighted by molar-refractivity contribution is -0.121. The highest BCUT2D eigenvalue weighted by Crippen LogP contribution is 2.23. The minimum absolute atomic E-state index is 0.0461. The number of hydrogen-bond donors (Lipinski definition) is 1. The number of benzene rings is 2. The minimum Gasteiger partial charge on any atom is -0.379 e. The van der Waals surface area contributed by atoms with Crippen LogP contribution in [0.5, 0.6) is 0 Å². The van der Waals surface area contributed by atoms with Crippen molar-refractivity contribution in [1.82, 2.24) is 9.21 Å². The summed E-state index contributed by atoms with van der Waals surface area (Å²) in [4.78, 5) is 15.2. The summed E-state index contributed by atoms with van der Waals surface area (Å²) in [7, 11) is -3.55. The molecule has 0 aliphatic carbocycles. The number of sulfonamides is 1. The van der Waals surface area contributed by atoms with E-state index in [1.54, 1.807) is 24.3 Å². The van der Waals surface area contributed by atoms with Crippen molar-refractivity contribution in [3.05, 3.63) is 59.9 Å². The minimum atomic E-state index is -3.55. The molecule has 2 aromatic rings. The summed E-state index contributed by atoms with van der Waals surface area (Å²) < 4.78 is 45.1. The number of anilines is 1. The molecule has 2 saturated heterocycles. The molecular weight excluding hydrogens is 433 g/mol. The summed E-state index contributed by atoms with van der Waals surface area (Å²) in [6, 6.07) is 12.8. The van der Waals surface area contributed by atoms with Gasteiger partial charge in [-0.1, -0.05) is 12.1 Å². The Labute approximate surface area is 188 Å². The van der Waals surface area contributed by atoms with Gasteiger partial charge >= 0.3 is 0 Å². The normalized spacial score (nSPS) is 19.0. The highest BCUT2D eigenvalue weighted by atomic mass is 32.2. The fourth-order valence-electron chi connectivity index (χ4n) is 4.09. The first-order valence-electron chi connectivity index (χ1n) is 10.9. The molecule has 0 atom stereocenters. The Bertz CT molecular complexity index is 1010. The highest BCUT2D eigenvalue weighted by molar-refractivity contribution is 7.89. The van der Waals surface area contributed by atoms with Crippen molar-refractivity contribution in [2.24, 2.45) is 5.92 Å². The molecule has 1 amide bonds. The van der Waals surface area contributed by atoms with E-state index in [2.05, 4.69) is 10.2 Å². The van der Waals surface area contributed by atoms with Gasteiger partial charge in [-0.2, -0.15) is 4.31 Å². The molecule has 32 heavy (non-hydrogen) atoms. The van der Waals surface area contributed by atoms with E-state index >= 15 is 0 Å². The molecule has 2 fully saturated rings. The number of piperidine rings is 1. The van der Waals surface area contributed by atoms with Gasteiger partial charge in [0.2, 0.25) is 15.9 Å². The van der Waals surface area contributed by atoms with Crippen LogP contribution in [-0.4, -0.2) is 62.9 Å². The Morgan fingerprint density at radius 1 is 0.969 bits per heavy atom. The fourth-order valence-corrected chi connectivity index (χ4v) is 5.50. The molecule has 0 aromatic heterocycles. The Balaban J connectivity index is 1.28. The van der Waals surface area contributed by atoms with E-state index in [4.69, 9.17) is 4.74 Å². The van der Waals surface area contributed by atoms with E-state index in [0.717, 1.165) is 38.0 Å². The molecule has 1 N–H and O–H groups in total. The third kappa shape index (κ3) is 5.53. The second kappa shape index (κ2) is 10.1. The third-order valence-corrected chi connectivity index (χ3v) is 7.92. The van der Waals surface area contributed by atoms with Crippen LogP contribution >= 0.6 is 0 Å². The van der Waals surface area contributed by atoms with Gasteiger partial charge < -0.3 is 10.1 Å². The number of ether oxygens (including phenoxy) is 1. The van der Waals surface area contributed by atoms with Gasteiger partial charge in [-0.15, -0.1) is 0 Å². The number of carbonyl (C=O) groups is 1. The zero-order valence-corrected chi connectivity index (χ0v) is 18.7. The van der Waals surface area contributed by atoms with Crippen LogP contribution in [0.15, 0.2) is 53.4 Å². The molecule has 0 unspecified atom stereocenters. The lowest BCUT2D eigenvalue weighted by Crippen LogP contribution is -2.40. The summed E-state index contributed by atoms with van der Waals surface area (Å²) in [5, 5.41) is 2.91. The number of halogens is 1. The molecule has 0 saturated carbocycles.